The van der Waals surface area contributed by atoms with E-state index < -0.39 is 21.2 Å². The zero-order valence-electron chi connectivity index (χ0n) is 10.1. The number of hydrogen-bond acceptors (Lipinski definition) is 3. The van der Waals surface area contributed by atoms with Gasteiger partial charge in [0.15, 0.2) is 0 Å². The summed E-state index contributed by atoms with van der Waals surface area (Å²) >= 11 is 0. The van der Waals surface area contributed by atoms with Crippen molar-refractivity contribution in [3.8, 4) is 0 Å². The molecule has 0 unspecified atom stereocenters. The van der Waals surface area contributed by atoms with Gasteiger partial charge in [-0.3, -0.25) is 4.18 Å². The molecule has 0 aromatic heterocycles. The van der Waals surface area contributed by atoms with Gasteiger partial charge < -0.3 is 0 Å². The van der Waals surface area contributed by atoms with Gasteiger partial charge in [0.05, 0.1) is 0 Å². The lowest BCUT2D eigenvalue weighted by Gasteiger charge is -2.25. The van der Waals surface area contributed by atoms with Gasteiger partial charge >= 0.3 is 15.6 Å². The zero-order chi connectivity index (χ0) is 14.2. The molecule has 102 valence electrons. The summed E-state index contributed by atoms with van der Waals surface area (Å²) in [7, 11) is -5.61. The smallest absolute Gasteiger partial charge is 0.252 e. The molecule has 3 nitrogen and oxygen atoms in total. The molecular formula is C11H13F3O3S. The van der Waals surface area contributed by atoms with Crippen molar-refractivity contribution in [3.63, 3.8) is 0 Å². The summed E-state index contributed by atoms with van der Waals surface area (Å²) < 4.78 is 62.9. The number of rotatable bonds is 3. The maximum absolute atomic E-state index is 12.2. The average molecular weight is 282 g/mol. The van der Waals surface area contributed by atoms with E-state index in [0.29, 0.717) is 5.56 Å². The predicted molar refractivity (Wildman–Crippen MR) is 60.3 cm³/mol. The fourth-order valence-corrected chi connectivity index (χ4v) is 2.06. The standard InChI is InChI=1S/C11H13F3O3S/c1-8-4-6-9(7-5-8)10(2,3)17-18(15,16)11(12,13)14/h4-7H,1-3H3. The van der Waals surface area contributed by atoms with E-state index in [-0.39, 0.29) is 0 Å². The van der Waals surface area contributed by atoms with Crippen LogP contribution in [0.1, 0.15) is 25.0 Å². The molecule has 0 aliphatic heterocycles. The van der Waals surface area contributed by atoms with Crippen LogP contribution >= 0.6 is 0 Å². The molecule has 0 amide bonds. The van der Waals surface area contributed by atoms with Crippen molar-refractivity contribution >= 4 is 10.1 Å². The van der Waals surface area contributed by atoms with Crippen LogP contribution < -0.4 is 0 Å². The van der Waals surface area contributed by atoms with Gasteiger partial charge in [0.1, 0.15) is 5.60 Å². The van der Waals surface area contributed by atoms with Crippen molar-refractivity contribution in [2.24, 2.45) is 0 Å². The molecule has 0 fully saturated rings. The van der Waals surface area contributed by atoms with Crippen molar-refractivity contribution < 1.29 is 25.8 Å². The van der Waals surface area contributed by atoms with Gasteiger partial charge in [0, 0.05) is 0 Å². The molecule has 0 saturated carbocycles. The summed E-state index contributed by atoms with van der Waals surface area (Å²) in [5, 5.41) is 0. The minimum atomic E-state index is -5.61. The molecule has 0 saturated heterocycles. The van der Waals surface area contributed by atoms with Gasteiger partial charge in [-0.2, -0.15) is 21.6 Å². The number of alkyl halides is 3. The van der Waals surface area contributed by atoms with E-state index in [1.807, 2.05) is 6.92 Å². The number of aryl methyl sites for hydroxylation is 1. The SMILES string of the molecule is Cc1ccc(C(C)(C)OS(=O)(=O)C(F)(F)F)cc1. The maximum atomic E-state index is 12.2. The Morgan fingerprint density at radius 1 is 1.06 bits per heavy atom. The maximum Gasteiger partial charge on any atom is 0.523 e. The van der Waals surface area contributed by atoms with Crippen molar-refractivity contribution in [2.45, 2.75) is 31.9 Å². The lowest BCUT2D eigenvalue weighted by Crippen LogP contribution is -2.33. The second-order valence-electron chi connectivity index (χ2n) is 4.36. The number of benzene rings is 1. The highest BCUT2D eigenvalue weighted by Gasteiger charge is 2.50. The number of hydrogen-bond donors (Lipinski definition) is 0. The van der Waals surface area contributed by atoms with E-state index in [4.69, 9.17) is 0 Å². The molecule has 0 bridgehead atoms. The van der Waals surface area contributed by atoms with E-state index in [1.54, 1.807) is 12.1 Å². The normalized spacial score (nSPS) is 13.7. The van der Waals surface area contributed by atoms with Crippen LogP contribution in [0.15, 0.2) is 24.3 Å². The number of halogens is 3. The predicted octanol–water partition coefficient (Wildman–Crippen LogP) is 3.10. The summed E-state index contributed by atoms with van der Waals surface area (Å²) in [4.78, 5) is 0. The van der Waals surface area contributed by atoms with Crippen LogP contribution in [0.25, 0.3) is 0 Å². The molecule has 0 aliphatic carbocycles. The van der Waals surface area contributed by atoms with Crippen LogP contribution in [0.2, 0.25) is 0 Å². The topological polar surface area (TPSA) is 43.4 Å². The summed E-state index contributed by atoms with van der Waals surface area (Å²) in [5.41, 5.74) is -5.74. The Morgan fingerprint density at radius 3 is 1.89 bits per heavy atom. The molecule has 0 aliphatic rings. The molecule has 0 N–H and O–H groups in total. The Bertz CT molecular complexity index is 515. The Kier molecular flexibility index (Phi) is 3.78. The Morgan fingerprint density at radius 2 is 1.50 bits per heavy atom. The van der Waals surface area contributed by atoms with Gasteiger partial charge in [-0.1, -0.05) is 29.8 Å². The van der Waals surface area contributed by atoms with Crippen LogP contribution in [0.4, 0.5) is 13.2 Å². The molecule has 0 radical (unpaired) electrons. The molecular weight excluding hydrogens is 269 g/mol. The first-order valence-electron chi connectivity index (χ1n) is 5.05. The van der Waals surface area contributed by atoms with Crippen LogP contribution in [0.3, 0.4) is 0 Å². The summed E-state index contributed by atoms with van der Waals surface area (Å²) in [6.07, 6.45) is 0. The van der Waals surface area contributed by atoms with E-state index in [1.165, 1.54) is 26.0 Å². The quantitative estimate of drug-likeness (QED) is 0.632. The second-order valence-corrected chi connectivity index (χ2v) is 5.90. The second kappa shape index (κ2) is 4.55. The van der Waals surface area contributed by atoms with Crippen LogP contribution in [-0.2, 0) is 19.9 Å². The summed E-state index contributed by atoms with van der Waals surface area (Å²) in [6.45, 7) is 4.34. The van der Waals surface area contributed by atoms with Gasteiger partial charge in [-0.15, -0.1) is 0 Å². The lowest BCUT2D eigenvalue weighted by atomic mass is 9.98. The third-order valence-electron chi connectivity index (χ3n) is 2.35. The average Bonchev–Trinajstić information content (AvgIpc) is 2.14. The Balaban J connectivity index is 3.06. The van der Waals surface area contributed by atoms with E-state index in [9.17, 15) is 21.6 Å². The highest BCUT2D eigenvalue weighted by atomic mass is 32.2. The third-order valence-corrected chi connectivity index (χ3v) is 3.55. The molecule has 0 heterocycles. The third kappa shape index (κ3) is 3.23. The van der Waals surface area contributed by atoms with Crippen molar-refractivity contribution in [1.29, 1.82) is 0 Å². The fraction of sp³-hybridized carbons (Fsp3) is 0.455. The largest absolute Gasteiger partial charge is 0.523 e. The van der Waals surface area contributed by atoms with E-state index in [2.05, 4.69) is 4.18 Å². The van der Waals surface area contributed by atoms with Gasteiger partial charge in [-0.25, -0.2) is 0 Å². The minimum absolute atomic E-state index is 0.348. The van der Waals surface area contributed by atoms with E-state index >= 15 is 0 Å². The molecule has 0 atom stereocenters. The highest BCUT2D eigenvalue weighted by molar-refractivity contribution is 7.87. The zero-order valence-corrected chi connectivity index (χ0v) is 10.9. The fourth-order valence-electron chi connectivity index (χ4n) is 1.32. The molecule has 7 heteroatoms. The lowest BCUT2D eigenvalue weighted by molar-refractivity contribution is -0.0631. The van der Waals surface area contributed by atoms with Crippen LogP contribution in [-0.4, -0.2) is 13.9 Å². The first kappa shape index (κ1) is 15.0. The Hall–Kier alpha value is -1.08. The van der Waals surface area contributed by atoms with Gasteiger partial charge in [0.25, 0.3) is 0 Å². The first-order valence-corrected chi connectivity index (χ1v) is 6.45. The highest BCUT2D eigenvalue weighted by Crippen LogP contribution is 2.33. The monoisotopic (exact) mass is 282 g/mol. The molecule has 1 aromatic rings. The van der Waals surface area contributed by atoms with Crippen LogP contribution in [0.5, 0.6) is 0 Å². The van der Waals surface area contributed by atoms with E-state index in [0.717, 1.165) is 5.56 Å². The minimum Gasteiger partial charge on any atom is -0.252 e. The molecule has 1 aromatic carbocycles. The first-order chi connectivity index (χ1) is 7.96. The van der Waals surface area contributed by atoms with Crippen molar-refractivity contribution in [2.75, 3.05) is 0 Å². The van der Waals surface area contributed by atoms with Crippen molar-refractivity contribution in [3.05, 3.63) is 35.4 Å². The molecule has 0 spiro atoms. The van der Waals surface area contributed by atoms with Gasteiger partial charge in [0.2, 0.25) is 0 Å². The molecule has 18 heavy (non-hydrogen) atoms. The summed E-state index contributed by atoms with van der Waals surface area (Å²) in [5.74, 6) is 0. The van der Waals surface area contributed by atoms with Gasteiger partial charge in [-0.05, 0) is 26.3 Å². The van der Waals surface area contributed by atoms with Crippen LogP contribution in [0, 0.1) is 6.92 Å². The Labute approximate surface area is 104 Å². The molecule has 1 rings (SSSR count). The summed E-state index contributed by atoms with van der Waals surface area (Å²) in [6, 6.07) is 6.39. The van der Waals surface area contributed by atoms with Crippen molar-refractivity contribution in [1.82, 2.24) is 0 Å².